The number of anilines is 2. The van der Waals surface area contributed by atoms with Gasteiger partial charge in [-0.3, -0.25) is 0 Å². The summed E-state index contributed by atoms with van der Waals surface area (Å²) < 4.78 is 0. The Labute approximate surface area is 225 Å². The number of hydrogen-bond donors (Lipinski definition) is 2. The third-order valence-electron chi connectivity index (χ3n) is 7.02. The van der Waals surface area contributed by atoms with Gasteiger partial charge in [-0.25, -0.2) is 0 Å². The van der Waals surface area contributed by atoms with E-state index in [1.165, 1.54) is 33.4 Å². The van der Waals surface area contributed by atoms with Gasteiger partial charge in [-0.15, -0.1) is 0 Å². The fraction of sp³-hybridized carbons (Fsp3) is 0.0556. The van der Waals surface area contributed by atoms with Gasteiger partial charge in [0.1, 0.15) is 5.66 Å². The van der Waals surface area contributed by atoms with Crippen molar-refractivity contribution in [3.8, 4) is 22.3 Å². The number of nitrogens with one attached hydrogen (secondary N) is 2. The molecular formula is C36H30N2. The van der Waals surface area contributed by atoms with Crippen molar-refractivity contribution in [1.29, 1.82) is 0 Å². The summed E-state index contributed by atoms with van der Waals surface area (Å²) in [4.78, 5) is 0. The Morgan fingerprint density at radius 3 is 1.21 bits per heavy atom. The summed E-state index contributed by atoms with van der Waals surface area (Å²) in [5.74, 6) is 0. The first-order valence-corrected chi connectivity index (χ1v) is 13.1. The minimum atomic E-state index is -0.458. The second-order valence-electron chi connectivity index (χ2n) is 9.67. The number of allylic oxidation sites excluding steroid dienone is 2. The molecule has 1 aliphatic rings. The first-order chi connectivity index (χ1) is 18.8. The molecular weight excluding hydrogens is 460 g/mol. The Morgan fingerprint density at radius 2 is 0.816 bits per heavy atom. The molecule has 1 aliphatic carbocycles. The highest BCUT2D eigenvalue weighted by molar-refractivity contribution is 5.77. The average molecular weight is 491 g/mol. The van der Waals surface area contributed by atoms with Gasteiger partial charge in [-0.2, -0.15) is 0 Å². The topological polar surface area (TPSA) is 24.1 Å². The second kappa shape index (κ2) is 10.7. The third-order valence-corrected chi connectivity index (χ3v) is 7.02. The van der Waals surface area contributed by atoms with Gasteiger partial charge in [0.2, 0.25) is 0 Å². The Kier molecular flexibility index (Phi) is 6.61. The first-order valence-electron chi connectivity index (χ1n) is 13.1. The highest BCUT2D eigenvalue weighted by Crippen LogP contribution is 2.32. The van der Waals surface area contributed by atoms with Gasteiger partial charge in [0.15, 0.2) is 0 Å². The van der Waals surface area contributed by atoms with Crippen LogP contribution in [-0.2, 0) is 0 Å². The summed E-state index contributed by atoms with van der Waals surface area (Å²) >= 11 is 0. The lowest BCUT2D eigenvalue weighted by molar-refractivity contribution is 0.660. The minimum absolute atomic E-state index is 0.458. The summed E-state index contributed by atoms with van der Waals surface area (Å²) in [6.45, 7) is 0. The molecule has 184 valence electrons. The van der Waals surface area contributed by atoms with E-state index in [1.54, 1.807) is 0 Å². The molecule has 38 heavy (non-hydrogen) atoms. The highest BCUT2D eigenvalue weighted by atomic mass is 15.2. The van der Waals surface area contributed by atoms with Crippen LogP contribution >= 0.6 is 0 Å². The van der Waals surface area contributed by atoms with Crippen molar-refractivity contribution >= 4 is 16.9 Å². The molecule has 0 saturated carbocycles. The first kappa shape index (κ1) is 23.6. The summed E-state index contributed by atoms with van der Waals surface area (Å²) in [6, 6.07) is 48.9. The molecule has 5 aromatic rings. The predicted molar refractivity (Wildman–Crippen MR) is 162 cm³/mol. The van der Waals surface area contributed by atoms with Crippen molar-refractivity contribution in [2.24, 2.45) is 0 Å². The van der Waals surface area contributed by atoms with Crippen LogP contribution in [-0.4, -0.2) is 5.66 Å². The van der Waals surface area contributed by atoms with E-state index in [2.05, 4.69) is 156 Å². The monoisotopic (exact) mass is 490 g/mol. The molecule has 0 atom stereocenters. The summed E-state index contributed by atoms with van der Waals surface area (Å²) in [7, 11) is 0. The van der Waals surface area contributed by atoms with Crippen molar-refractivity contribution in [3.05, 3.63) is 163 Å². The maximum Gasteiger partial charge on any atom is 0.131 e. The Balaban J connectivity index is 1.27. The lowest BCUT2D eigenvalue weighted by Gasteiger charge is -2.36. The molecule has 0 bridgehead atoms. The molecule has 0 spiro atoms. The number of benzene rings is 5. The molecule has 2 heteroatoms. The maximum atomic E-state index is 3.80. The Morgan fingerprint density at radius 1 is 0.421 bits per heavy atom. The molecule has 0 fully saturated rings. The zero-order valence-electron chi connectivity index (χ0n) is 21.2. The van der Waals surface area contributed by atoms with Gasteiger partial charge >= 0.3 is 0 Å². The molecule has 6 rings (SSSR count). The van der Waals surface area contributed by atoms with Gasteiger partial charge in [-0.1, -0.05) is 127 Å². The van der Waals surface area contributed by atoms with Gasteiger partial charge in [0.25, 0.3) is 0 Å². The summed E-state index contributed by atoms with van der Waals surface area (Å²) in [5, 5.41) is 7.59. The summed E-state index contributed by atoms with van der Waals surface area (Å²) in [5.41, 5.74) is 9.01. The van der Waals surface area contributed by atoms with E-state index < -0.39 is 5.66 Å². The average Bonchev–Trinajstić information content (AvgIpc) is 3.00. The van der Waals surface area contributed by atoms with Gasteiger partial charge < -0.3 is 10.6 Å². The van der Waals surface area contributed by atoms with Crippen LogP contribution < -0.4 is 10.6 Å². The van der Waals surface area contributed by atoms with Crippen molar-refractivity contribution < 1.29 is 0 Å². The molecule has 0 saturated heterocycles. The molecule has 0 radical (unpaired) electrons. The summed E-state index contributed by atoms with van der Waals surface area (Å²) in [6.07, 6.45) is 7.58. The lowest BCUT2D eigenvalue weighted by atomic mass is 9.92. The normalized spacial score (nSPS) is 13.9. The molecule has 0 unspecified atom stereocenters. The lowest BCUT2D eigenvalue weighted by Crippen LogP contribution is -2.44. The van der Waals surface area contributed by atoms with E-state index in [9.17, 15) is 0 Å². The zero-order valence-corrected chi connectivity index (χ0v) is 21.2. The number of hydrogen-bond acceptors (Lipinski definition) is 2. The van der Waals surface area contributed by atoms with E-state index in [-0.39, 0.29) is 0 Å². The third kappa shape index (κ3) is 5.30. The molecule has 0 aromatic heterocycles. The van der Waals surface area contributed by atoms with Crippen LogP contribution in [0.2, 0.25) is 0 Å². The van der Waals surface area contributed by atoms with E-state index in [0.717, 1.165) is 17.8 Å². The SMILES string of the molecule is C1=CC(Nc2ccc(-c3ccccc3)cc2)(Nc2ccc(-c3ccccc3)cc2)CC=C1c1ccccc1. The second-order valence-corrected chi connectivity index (χ2v) is 9.67. The van der Waals surface area contributed by atoms with Gasteiger partial charge in [0.05, 0.1) is 0 Å². The number of rotatable bonds is 7. The highest BCUT2D eigenvalue weighted by Gasteiger charge is 2.28. The maximum absolute atomic E-state index is 3.80. The fourth-order valence-electron chi connectivity index (χ4n) is 4.97. The van der Waals surface area contributed by atoms with E-state index in [4.69, 9.17) is 0 Å². The van der Waals surface area contributed by atoms with Crippen LogP contribution in [0.4, 0.5) is 11.4 Å². The molecule has 2 N–H and O–H groups in total. The van der Waals surface area contributed by atoms with Crippen LogP contribution in [0.3, 0.4) is 0 Å². The Hall–Kier alpha value is -4.82. The molecule has 5 aromatic carbocycles. The van der Waals surface area contributed by atoms with Crippen LogP contribution in [0.15, 0.2) is 158 Å². The van der Waals surface area contributed by atoms with Crippen LogP contribution in [0.5, 0.6) is 0 Å². The van der Waals surface area contributed by atoms with Crippen molar-refractivity contribution in [2.45, 2.75) is 12.1 Å². The quantitative estimate of drug-likeness (QED) is 0.222. The standard InChI is InChI=1S/C36H30N2/c1-4-10-28(11-5-1)31-16-20-34(21-17-31)37-36(26-24-33(25-27-36)30-14-8-3-9-15-30)38-35-22-18-32(19-23-35)29-12-6-2-7-13-29/h1-26,37-38H,27H2. The molecule has 2 nitrogen and oxygen atoms in total. The van der Waals surface area contributed by atoms with E-state index in [1.807, 2.05) is 12.1 Å². The molecule has 0 amide bonds. The smallest absolute Gasteiger partial charge is 0.131 e. The van der Waals surface area contributed by atoms with Gasteiger partial charge in [0, 0.05) is 17.8 Å². The van der Waals surface area contributed by atoms with E-state index >= 15 is 0 Å². The largest absolute Gasteiger partial charge is 0.359 e. The molecule has 0 heterocycles. The Bertz CT molecular complexity index is 1450. The zero-order chi connectivity index (χ0) is 25.6. The minimum Gasteiger partial charge on any atom is -0.359 e. The van der Waals surface area contributed by atoms with Crippen LogP contribution in [0, 0.1) is 0 Å². The van der Waals surface area contributed by atoms with Crippen LogP contribution in [0.25, 0.3) is 27.8 Å². The van der Waals surface area contributed by atoms with Crippen molar-refractivity contribution in [3.63, 3.8) is 0 Å². The van der Waals surface area contributed by atoms with Crippen molar-refractivity contribution in [1.82, 2.24) is 0 Å². The predicted octanol–water partition coefficient (Wildman–Crippen LogP) is 9.28. The van der Waals surface area contributed by atoms with Crippen LogP contribution in [0.1, 0.15) is 12.0 Å². The van der Waals surface area contributed by atoms with E-state index in [0.29, 0.717) is 0 Å². The molecule has 0 aliphatic heterocycles. The van der Waals surface area contributed by atoms with Gasteiger partial charge in [-0.05, 0) is 63.7 Å². The fourth-order valence-corrected chi connectivity index (χ4v) is 4.97. The van der Waals surface area contributed by atoms with Crippen molar-refractivity contribution in [2.75, 3.05) is 10.6 Å².